The van der Waals surface area contributed by atoms with Gasteiger partial charge in [0.25, 0.3) is 11.8 Å². The third kappa shape index (κ3) is 6.27. The molecule has 1 aliphatic rings. The molecule has 2 aromatic rings. The van der Waals surface area contributed by atoms with Crippen molar-refractivity contribution in [2.75, 3.05) is 32.1 Å². The van der Waals surface area contributed by atoms with Gasteiger partial charge in [-0.2, -0.15) is 0 Å². The largest absolute Gasteiger partial charge is 0.494 e. The molecule has 2 N–H and O–H groups in total. The fourth-order valence-corrected chi connectivity index (χ4v) is 3.53. The third-order valence-electron chi connectivity index (χ3n) is 5.21. The summed E-state index contributed by atoms with van der Waals surface area (Å²) in [6.45, 7) is 3.29. The topological polar surface area (TPSA) is 106 Å². The number of carbonyl (C=O) groups is 2. The quantitative estimate of drug-likeness (QED) is 0.647. The summed E-state index contributed by atoms with van der Waals surface area (Å²) in [6.07, 6.45) is 0.540. The van der Waals surface area contributed by atoms with Crippen molar-refractivity contribution >= 4 is 23.6 Å². The predicted molar refractivity (Wildman–Crippen MR) is 117 cm³/mol. The molecule has 3 heterocycles. The van der Waals surface area contributed by atoms with E-state index in [1.165, 1.54) is 7.11 Å². The summed E-state index contributed by atoms with van der Waals surface area (Å²) in [5.74, 6) is -2.25. The Bertz CT molecular complexity index is 1000. The minimum atomic E-state index is -3.02. The number of pyridine rings is 2. The van der Waals surface area contributed by atoms with E-state index in [4.69, 9.17) is 4.74 Å². The number of carbonyl (C=O) groups excluding carboxylic acids is 2. The summed E-state index contributed by atoms with van der Waals surface area (Å²) in [7, 11) is 1.21. The number of ether oxygens (including phenoxy) is 2. The lowest BCUT2D eigenvalue weighted by Gasteiger charge is -2.39. The molecule has 0 bridgehead atoms. The maximum absolute atomic E-state index is 14.2. The number of alkyl carbamates (subject to hydrolysis) is 1. The molecule has 0 radical (unpaired) electrons. The number of hydrogen-bond acceptors (Lipinski definition) is 7. The zero-order chi connectivity index (χ0) is 24.0. The van der Waals surface area contributed by atoms with Crippen molar-refractivity contribution in [3.63, 3.8) is 0 Å². The average Bonchev–Trinajstić information content (AvgIpc) is 2.79. The van der Waals surface area contributed by atoms with Crippen molar-refractivity contribution in [2.24, 2.45) is 0 Å². The average molecular weight is 463 g/mol. The Kier molecular flexibility index (Phi) is 7.62. The van der Waals surface area contributed by atoms with Gasteiger partial charge in [-0.15, -0.1) is 0 Å². The van der Waals surface area contributed by atoms with Crippen LogP contribution in [0.3, 0.4) is 0 Å². The number of amides is 2. The van der Waals surface area contributed by atoms with E-state index in [0.717, 1.165) is 4.90 Å². The van der Waals surface area contributed by atoms with Gasteiger partial charge in [0.15, 0.2) is 0 Å². The monoisotopic (exact) mass is 463 g/mol. The molecule has 2 amide bonds. The molecule has 9 nitrogen and oxygen atoms in total. The maximum Gasteiger partial charge on any atom is 0.406 e. The molecule has 1 fully saturated rings. The maximum atomic E-state index is 14.2. The van der Waals surface area contributed by atoms with E-state index >= 15 is 0 Å². The molecule has 178 valence electrons. The molecular weight excluding hydrogens is 436 g/mol. The normalized spacial score (nSPS) is 17.2. The van der Waals surface area contributed by atoms with Gasteiger partial charge in [-0.25, -0.2) is 23.5 Å². The smallest absolute Gasteiger partial charge is 0.406 e. The fourth-order valence-electron chi connectivity index (χ4n) is 3.53. The standard InChI is InChI=1S/C22H27F2N5O4/c1-4-33-16-8-10-25-18(11-16)27-17-6-5-14(2)19(28-17)20(30)29-13-22(23,24)9-7-15(29)12-26-21(31)32-3/h5-6,8,10-11,15H,4,7,9,12-13H2,1-3H3,(H,26,31)(H,25,27,28)/t15-/m1/s1. The zero-order valence-electron chi connectivity index (χ0n) is 18.7. The molecule has 0 spiro atoms. The van der Waals surface area contributed by atoms with Crippen LogP contribution >= 0.6 is 0 Å². The number of anilines is 2. The van der Waals surface area contributed by atoms with Gasteiger partial charge in [-0.05, 0) is 38.0 Å². The molecule has 0 saturated carbocycles. The van der Waals surface area contributed by atoms with Gasteiger partial charge in [0.2, 0.25) is 0 Å². The van der Waals surface area contributed by atoms with Crippen LogP contribution in [0.15, 0.2) is 30.5 Å². The number of aryl methyl sites for hydroxylation is 1. The van der Waals surface area contributed by atoms with Crippen LogP contribution in [0.2, 0.25) is 0 Å². The lowest BCUT2D eigenvalue weighted by molar-refractivity contribution is -0.0716. The molecule has 0 unspecified atom stereocenters. The molecule has 1 aliphatic heterocycles. The van der Waals surface area contributed by atoms with Crippen molar-refractivity contribution in [3.8, 4) is 5.75 Å². The van der Waals surface area contributed by atoms with Crippen LogP contribution in [0.1, 0.15) is 35.8 Å². The first kappa shape index (κ1) is 24.1. The van der Waals surface area contributed by atoms with Crippen LogP contribution in [0.25, 0.3) is 0 Å². The molecular formula is C22H27F2N5O4. The highest BCUT2D eigenvalue weighted by molar-refractivity contribution is 5.94. The van der Waals surface area contributed by atoms with Gasteiger partial charge in [0.1, 0.15) is 23.1 Å². The highest BCUT2D eigenvalue weighted by Crippen LogP contribution is 2.31. The van der Waals surface area contributed by atoms with Crippen molar-refractivity contribution in [3.05, 3.63) is 41.7 Å². The summed E-state index contributed by atoms with van der Waals surface area (Å²) in [5.41, 5.74) is 0.580. The first-order chi connectivity index (χ1) is 15.7. The summed E-state index contributed by atoms with van der Waals surface area (Å²) < 4.78 is 38.3. The zero-order valence-corrected chi connectivity index (χ0v) is 18.7. The minimum Gasteiger partial charge on any atom is -0.494 e. The van der Waals surface area contributed by atoms with E-state index < -0.39 is 30.5 Å². The number of halogens is 2. The van der Waals surface area contributed by atoms with Crippen LogP contribution in [-0.4, -0.2) is 65.6 Å². The van der Waals surface area contributed by atoms with E-state index in [2.05, 4.69) is 25.3 Å². The third-order valence-corrected chi connectivity index (χ3v) is 5.21. The summed E-state index contributed by atoms with van der Waals surface area (Å²) in [4.78, 5) is 34.4. The molecule has 1 atom stereocenters. The summed E-state index contributed by atoms with van der Waals surface area (Å²) >= 11 is 0. The van der Waals surface area contributed by atoms with E-state index in [9.17, 15) is 18.4 Å². The van der Waals surface area contributed by atoms with Crippen molar-refractivity contribution in [1.29, 1.82) is 0 Å². The number of nitrogens with one attached hydrogen (secondary N) is 2. The second kappa shape index (κ2) is 10.4. The Balaban J connectivity index is 1.83. The van der Waals surface area contributed by atoms with E-state index in [0.29, 0.717) is 29.6 Å². The number of rotatable bonds is 7. The van der Waals surface area contributed by atoms with Crippen molar-refractivity contribution < 1.29 is 27.8 Å². The van der Waals surface area contributed by atoms with Crippen LogP contribution < -0.4 is 15.4 Å². The summed E-state index contributed by atoms with van der Waals surface area (Å²) in [5, 5.41) is 5.50. The van der Waals surface area contributed by atoms with Gasteiger partial charge in [-0.1, -0.05) is 6.07 Å². The van der Waals surface area contributed by atoms with Crippen LogP contribution in [-0.2, 0) is 4.74 Å². The molecule has 11 heteroatoms. The Hall–Kier alpha value is -3.50. The van der Waals surface area contributed by atoms with E-state index in [1.54, 1.807) is 37.4 Å². The Labute approximate surface area is 190 Å². The molecule has 3 rings (SSSR count). The Morgan fingerprint density at radius 3 is 2.79 bits per heavy atom. The highest BCUT2D eigenvalue weighted by Gasteiger charge is 2.43. The van der Waals surface area contributed by atoms with Crippen molar-refractivity contribution in [2.45, 2.75) is 38.7 Å². The fraction of sp³-hybridized carbons (Fsp3) is 0.455. The molecule has 2 aromatic heterocycles. The number of aromatic nitrogens is 2. The minimum absolute atomic E-state index is 0.000375. The van der Waals surface area contributed by atoms with E-state index in [1.807, 2.05) is 6.92 Å². The van der Waals surface area contributed by atoms with Crippen molar-refractivity contribution in [1.82, 2.24) is 20.2 Å². The number of hydrogen-bond donors (Lipinski definition) is 2. The summed E-state index contributed by atoms with van der Waals surface area (Å²) in [6, 6.07) is 6.14. The first-order valence-electron chi connectivity index (χ1n) is 10.6. The van der Waals surface area contributed by atoms with Gasteiger partial charge in [0.05, 0.1) is 26.3 Å². The number of likely N-dealkylation sites (tertiary alicyclic amines) is 1. The van der Waals surface area contributed by atoms with E-state index in [-0.39, 0.29) is 25.1 Å². The van der Waals surface area contributed by atoms with Gasteiger partial charge in [0, 0.05) is 25.2 Å². The molecule has 33 heavy (non-hydrogen) atoms. The molecule has 0 aliphatic carbocycles. The molecule has 0 aromatic carbocycles. The van der Waals surface area contributed by atoms with Gasteiger partial charge < -0.3 is 25.0 Å². The Morgan fingerprint density at radius 1 is 1.27 bits per heavy atom. The number of nitrogens with zero attached hydrogens (tertiary/aromatic N) is 3. The second-order valence-electron chi connectivity index (χ2n) is 7.65. The SMILES string of the molecule is CCOc1ccnc(Nc2ccc(C)c(C(=O)N3CC(F)(F)CC[C@@H]3CNC(=O)OC)n2)c1. The van der Waals surface area contributed by atoms with Gasteiger partial charge in [-0.3, -0.25) is 4.79 Å². The number of alkyl halides is 2. The number of piperidine rings is 1. The van der Waals surface area contributed by atoms with Gasteiger partial charge >= 0.3 is 6.09 Å². The highest BCUT2D eigenvalue weighted by atomic mass is 19.3. The Morgan fingerprint density at radius 2 is 2.06 bits per heavy atom. The first-order valence-corrected chi connectivity index (χ1v) is 10.6. The number of methoxy groups -OCH3 is 1. The second-order valence-corrected chi connectivity index (χ2v) is 7.65. The van der Waals surface area contributed by atoms with Crippen LogP contribution in [0.4, 0.5) is 25.2 Å². The molecule has 1 saturated heterocycles. The lowest BCUT2D eigenvalue weighted by Crippen LogP contribution is -2.55. The predicted octanol–water partition coefficient (Wildman–Crippen LogP) is 3.52. The van der Waals surface area contributed by atoms with Crippen LogP contribution in [0.5, 0.6) is 5.75 Å². The van der Waals surface area contributed by atoms with Crippen LogP contribution in [0, 0.1) is 6.92 Å². The lowest BCUT2D eigenvalue weighted by atomic mass is 9.98.